The van der Waals surface area contributed by atoms with Crippen LogP contribution in [0.1, 0.15) is 100.0 Å². The van der Waals surface area contributed by atoms with Gasteiger partial charge in [-0.1, -0.05) is 71.9 Å². The number of nitrogens with one attached hydrogen (secondary N) is 3. The van der Waals surface area contributed by atoms with Gasteiger partial charge in [-0.05, 0) is 77.9 Å². The van der Waals surface area contributed by atoms with E-state index in [0.717, 1.165) is 31.5 Å². The topological polar surface area (TPSA) is 145 Å². The molecule has 3 rings (SSSR count). The molecule has 0 spiro atoms. The van der Waals surface area contributed by atoms with Crippen molar-refractivity contribution in [1.82, 2.24) is 10.6 Å². The molecule has 1 saturated heterocycles. The SMILES string of the molecule is CC(C)c1cc(C(C)C)c(S(=O)(=O)[C@@](Cc2cccc(C(=N)N)c2)(NCC2CCNCC2)C(=O)O)c(C(C)C)c1. The second-order valence-electron chi connectivity index (χ2n) is 12.0. The molecule has 1 aliphatic rings. The zero-order valence-electron chi connectivity index (χ0n) is 24.7. The smallest absolute Gasteiger partial charge is 0.340 e. The molecule has 1 aliphatic heterocycles. The zero-order valence-corrected chi connectivity index (χ0v) is 25.5. The van der Waals surface area contributed by atoms with Gasteiger partial charge >= 0.3 is 5.97 Å². The minimum absolute atomic E-state index is 0.116. The number of piperidine rings is 1. The Labute approximate surface area is 239 Å². The normalized spacial score (nSPS) is 16.4. The molecule has 0 radical (unpaired) electrons. The molecule has 0 unspecified atom stereocenters. The molecule has 0 aliphatic carbocycles. The third-order valence-electron chi connectivity index (χ3n) is 7.98. The van der Waals surface area contributed by atoms with Crippen molar-refractivity contribution in [3.63, 3.8) is 0 Å². The molecule has 0 bridgehead atoms. The predicted molar refractivity (Wildman–Crippen MR) is 161 cm³/mol. The fraction of sp³-hybridized carbons (Fsp3) is 0.548. The van der Waals surface area contributed by atoms with Crippen molar-refractivity contribution in [2.75, 3.05) is 19.6 Å². The molecule has 1 fully saturated rings. The lowest BCUT2D eigenvalue weighted by Gasteiger charge is -2.35. The third-order valence-corrected chi connectivity index (χ3v) is 10.4. The molecular formula is C31H46N4O4S. The first-order chi connectivity index (χ1) is 18.7. The number of sulfone groups is 1. The molecule has 6 N–H and O–H groups in total. The summed E-state index contributed by atoms with van der Waals surface area (Å²) in [6, 6.07) is 10.5. The van der Waals surface area contributed by atoms with Crippen LogP contribution in [0.4, 0.5) is 0 Å². The van der Waals surface area contributed by atoms with Crippen LogP contribution in [0.25, 0.3) is 0 Å². The molecule has 0 aromatic heterocycles. The zero-order chi connectivity index (χ0) is 29.8. The van der Waals surface area contributed by atoms with Gasteiger partial charge in [0.1, 0.15) is 5.84 Å². The highest BCUT2D eigenvalue weighted by Gasteiger charge is 2.53. The average molecular weight is 571 g/mol. The Kier molecular flexibility index (Phi) is 10.2. The highest BCUT2D eigenvalue weighted by Crippen LogP contribution is 2.40. The van der Waals surface area contributed by atoms with Crippen molar-refractivity contribution in [3.8, 4) is 0 Å². The van der Waals surface area contributed by atoms with E-state index in [0.29, 0.717) is 22.3 Å². The number of benzene rings is 2. The molecule has 220 valence electrons. The van der Waals surface area contributed by atoms with Crippen LogP contribution in [-0.2, 0) is 21.1 Å². The number of carbonyl (C=O) groups is 1. The van der Waals surface area contributed by atoms with Gasteiger partial charge in [0.25, 0.3) is 0 Å². The van der Waals surface area contributed by atoms with Gasteiger partial charge in [-0.2, -0.15) is 0 Å². The maximum absolute atomic E-state index is 15.0. The van der Waals surface area contributed by atoms with Crippen molar-refractivity contribution in [2.24, 2.45) is 11.7 Å². The standard InChI is InChI=1S/C31H46N4O4S/c1-19(2)25-15-26(20(3)4)28(27(16-25)21(5)6)40(38,39)31(30(36)37,35-18-22-10-12-34-13-11-22)17-23-8-7-9-24(14-23)29(32)33/h7-9,14-16,19-22,34-35H,10-13,17-18H2,1-6H3,(H3,32,33)(H,36,37)/t31-/m1/s1. The number of aliphatic carboxylic acids is 1. The summed E-state index contributed by atoms with van der Waals surface area (Å²) < 4.78 is 30.0. The van der Waals surface area contributed by atoms with E-state index in [4.69, 9.17) is 11.1 Å². The second-order valence-corrected chi connectivity index (χ2v) is 14.1. The summed E-state index contributed by atoms with van der Waals surface area (Å²) in [5, 5.41) is 25.1. The van der Waals surface area contributed by atoms with E-state index in [1.807, 2.05) is 39.8 Å². The van der Waals surface area contributed by atoms with E-state index in [9.17, 15) is 9.90 Å². The minimum Gasteiger partial charge on any atom is -0.479 e. The number of nitrogens with two attached hydrogens (primary N) is 1. The number of rotatable bonds is 12. The molecule has 0 amide bonds. The molecule has 0 saturated carbocycles. The molecular weight excluding hydrogens is 524 g/mol. The van der Waals surface area contributed by atoms with E-state index in [-0.39, 0.29) is 47.4 Å². The van der Waals surface area contributed by atoms with Gasteiger partial charge in [-0.3, -0.25) is 10.7 Å². The summed E-state index contributed by atoms with van der Waals surface area (Å²) in [5.41, 5.74) is 8.92. The fourth-order valence-corrected chi connectivity index (χ4v) is 7.84. The van der Waals surface area contributed by atoms with Crippen LogP contribution in [-0.4, -0.2) is 49.8 Å². The van der Waals surface area contributed by atoms with Gasteiger partial charge in [-0.15, -0.1) is 0 Å². The Morgan fingerprint density at radius 3 is 2.10 bits per heavy atom. The highest BCUT2D eigenvalue weighted by atomic mass is 32.2. The summed E-state index contributed by atoms with van der Waals surface area (Å²) in [6.07, 6.45) is 1.36. The minimum atomic E-state index is -4.50. The Morgan fingerprint density at radius 2 is 1.62 bits per heavy atom. The Morgan fingerprint density at radius 1 is 1.05 bits per heavy atom. The molecule has 1 atom stereocenters. The summed E-state index contributed by atoms with van der Waals surface area (Å²) in [5.74, 6) is -1.55. The van der Waals surface area contributed by atoms with Gasteiger partial charge in [0.2, 0.25) is 14.7 Å². The third kappa shape index (κ3) is 6.58. The number of carboxylic acid groups (broad SMARTS) is 1. The average Bonchev–Trinajstić information content (AvgIpc) is 2.90. The van der Waals surface area contributed by atoms with Gasteiger partial charge in [0.05, 0.1) is 4.90 Å². The van der Waals surface area contributed by atoms with Crippen LogP contribution in [0.3, 0.4) is 0 Å². The van der Waals surface area contributed by atoms with Gasteiger partial charge < -0.3 is 16.2 Å². The summed E-state index contributed by atoms with van der Waals surface area (Å²) in [4.78, 5) is 11.1. The first-order valence-corrected chi connectivity index (χ1v) is 15.7. The summed E-state index contributed by atoms with van der Waals surface area (Å²) >= 11 is 0. The lowest BCUT2D eigenvalue weighted by molar-refractivity contribution is -0.141. The lowest BCUT2D eigenvalue weighted by atomic mass is 9.89. The fourth-order valence-electron chi connectivity index (χ4n) is 5.42. The van der Waals surface area contributed by atoms with E-state index in [2.05, 4.69) is 24.5 Å². The maximum Gasteiger partial charge on any atom is 0.340 e. The van der Waals surface area contributed by atoms with E-state index in [1.165, 1.54) is 0 Å². The Balaban J connectivity index is 2.31. The lowest BCUT2D eigenvalue weighted by Crippen LogP contribution is -2.61. The van der Waals surface area contributed by atoms with Gasteiger partial charge in [-0.25, -0.2) is 13.2 Å². The van der Waals surface area contributed by atoms with Crippen molar-refractivity contribution in [3.05, 3.63) is 64.2 Å². The Bertz CT molecular complexity index is 1300. The van der Waals surface area contributed by atoms with Crippen LogP contribution >= 0.6 is 0 Å². The van der Waals surface area contributed by atoms with Crippen LogP contribution in [0.2, 0.25) is 0 Å². The van der Waals surface area contributed by atoms with Crippen molar-refractivity contribution < 1.29 is 18.3 Å². The molecule has 40 heavy (non-hydrogen) atoms. The maximum atomic E-state index is 15.0. The van der Waals surface area contributed by atoms with Crippen LogP contribution in [0.5, 0.6) is 0 Å². The van der Waals surface area contributed by atoms with Crippen molar-refractivity contribution >= 4 is 21.6 Å². The summed E-state index contributed by atoms with van der Waals surface area (Å²) in [7, 11) is -4.50. The molecule has 9 heteroatoms. The van der Waals surface area contributed by atoms with Crippen LogP contribution in [0, 0.1) is 11.3 Å². The van der Waals surface area contributed by atoms with Crippen LogP contribution < -0.4 is 16.4 Å². The van der Waals surface area contributed by atoms with Crippen molar-refractivity contribution in [1.29, 1.82) is 5.41 Å². The van der Waals surface area contributed by atoms with Crippen LogP contribution in [0.15, 0.2) is 41.3 Å². The predicted octanol–water partition coefficient (Wildman–Crippen LogP) is 4.73. The monoisotopic (exact) mass is 570 g/mol. The van der Waals surface area contributed by atoms with E-state index >= 15 is 8.42 Å². The van der Waals surface area contributed by atoms with Crippen molar-refractivity contribution in [2.45, 2.75) is 88.3 Å². The second kappa shape index (κ2) is 12.8. The number of nitrogen functional groups attached to an aromatic ring is 1. The first-order valence-electron chi connectivity index (χ1n) is 14.3. The Hall–Kier alpha value is -2.75. The molecule has 2 aromatic carbocycles. The van der Waals surface area contributed by atoms with Gasteiger partial charge in [0, 0.05) is 18.5 Å². The number of hydrogen-bond donors (Lipinski definition) is 5. The number of carboxylic acids is 1. The highest BCUT2D eigenvalue weighted by molar-refractivity contribution is 7.93. The molecule has 8 nitrogen and oxygen atoms in total. The molecule has 1 heterocycles. The molecule has 2 aromatic rings. The number of amidine groups is 1. The first kappa shape index (κ1) is 31.8. The van der Waals surface area contributed by atoms with E-state index in [1.54, 1.807) is 24.3 Å². The van der Waals surface area contributed by atoms with E-state index < -0.39 is 20.7 Å². The summed E-state index contributed by atoms with van der Waals surface area (Å²) in [6.45, 7) is 13.8. The largest absolute Gasteiger partial charge is 0.479 e. The quantitative estimate of drug-likeness (QED) is 0.183. The number of hydrogen-bond acceptors (Lipinski definition) is 6. The van der Waals surface area contributed by atoms with Gasteiger partial charge in [0.15, 0.2) is 0 Å².